The van der Waals surface area contributed by atoms with Gasteiger partial charge < -0.3 is 20.1 Å². The van der Waals surface area contributed by atoms with Crippen molar-refractivity contribution in [1.82, 2.24) is 19.8 Å². The molecule has 206 valence electrons. The summed E-state index contributed by atoms with van der Waals surface area (Å²) in [7, 11) is 0. The minimum Gasteiger partial charge on any atom is -0.352 e. The maximum atomic E-state index is 13.2. The molecule has 6 rings (SSSR count). The number of nitrogens with one attached hydrogen (secondary N) is 2. The lowest BCUT2D eigenvalue weighted by Crippen LogP contribution is -2.33. The van der Waals surface area contributed by atoms with E-state index in [1.165, 1.54) is 0 Å². The third-order valence-corrected chi connectivity index (χ3v) is 8.28. The highest BCUT2D eigenvalue weighted by molar-refractivity contribution is 7.80. The number of anilines is 1. The predicted molar refractivity (Wildman–Crippen MR) is 170 cm³/mol. The molecule has 0 spiro atoms. The zero-order chi connectivity index (χ0) is 28.5. The van der Waals surface area contributed by atoms with E-state index in [1.54, 1.807) is 6.20 Å². The second-order valence-electron chi connectivity index (χ2n) is 10.3. The van der Waals surface area contributed by atoms with Crippen molar-refractivity contribution < 1.29 is 4.79 Å². The van der Waals surface area contributed by atoms with E-state index in [-0.39, 0.29) is 24.4 Å². The summed E-state index contributed by atoms with van der Waals surface area (Å²) in [6.07, 6.45) is 2.08. The molecule has 8 heteroatoms. The van der Waals surface area contributed by atoms with Crippen molar-refractivity contribution in [2.45, 2.75) is 32.4 Å². The van der Waals surface area contributed by atoms with E-state index in [0.717, 1.165) is 44.8 Å². The highest BCUT2D eigenvalue weighted by Crippen LogP contribution is 2.41. The molecule has 0 saturated carbocycles. The van der Waals surface area contributed by atoms with Crippen molar-refractivity contribution in [2.24, 2.45) is 0 Å². The summed E-state index contributed by atoms with van der Waals surface area (Å²) >= 11 is 12.2. The van der Waals surface area contributed by atoms with Gasteiger partial charge in [0.15, 0.2) is 5.11 Å². The van der Waals surface area contributed by atoms with Crippen molar-refractivity contribution in [3.8, 4) is 5.69 Å². The van der Waals surface area contributed by atoms with Gasteiger partial charge in [0.25, 0.3) is 0 Å². The second-order valence-corrected chi connectivity index (χ2v) is 11.1. The maximum absolute atomic E-state index is 13.2. The lowest BCUT2D eigenvalue weighted by molar-refractivity contribution is -0.116. The average Bonchev–Trinajstić information content (AvgIpc) is 3.46. The smallest absolute Gasteiger partial charge is 0.226 e. The van der Waals surface area contributed by atoms with Gasteiger partial charge in [-0.05, 0) is 79.5 Å². The third kappa shape index (κ3) is 5.31. The maximum Gasteiger partial charge on any atom is 0.226 e. The van der Waals surface area contributed by atoms with Crippen LogP contribution >= 0.6 is 23.8 Å². The van der Waals surface area contributed by atoms with Crippen LogP contribution in [0, 0.1) is 13.8 Å². The molecule has 5 aromatic rings. The van der Waals surface area contributed by atoms with Crippen LogP contribution in [0.2, 0.25) is 5.02 Å². The number of halogens is 1. The van der Waals surface area contributed by atoms with Crippen LogP contribution in [-0.4, -0.2) is 32.0 Å². The van der Waals surface area contributed by atoms with E-state index in [9.17, 15) is 4.79 Å². The summed E-state index contributed by atoms with van der Waals surface area (Å²) < 4.78 is 2.21. The number of nitrogens with zero attached hydrogens (tertiary/aromatic N) is 3. The number of benzene rings is 3. The van der Waals surface area contributed by atoms with Gasteiger partial charge in [-0.2, -0.15) is 0 Å². The second kappa shape index (κ2) is 11.4. The first kappa shape index (κ1) is 27.0. The molecule has 1 aliphatic rings. The molecule has 2 atom stereocenters. The van der Waals surface area contributed by atoms with Gasteiger partial charge in [-0.3, -0.25) is 9.78 Å². The number of pyridine rings is 1. The highest BCUT2D eigenvalue weighted by Gasteiger charge is 2.41. The standard InChI is InChI=1S/C33H30ClN5OS/c1-21-19-27(22(2)39(21)25-12-8-11-24(34)20-25)32-31(29-14-5-6-17-35-29)37-33(41)38(32)18-16-30(40)36-28-15-7-10-23-9-3-4-13-26(23)28/h3-15,17,19-20,31-32H,16,18H2,1-2H3,(H,36,40)(H,37,41). The van der Waals surface area contributed by atoms with Crippen LogP contribution in [0.3, 0.4) is 0 Å². The molecule has 0 bridgehead atoms. The van der Waals surface area contributed by atoms with Gasteiger partial charge in [-0.15, -0.1) is 0 Å². The van der Waals surface area contributed by atoms with Gasteiger partial charge in [-0.25, -0.2) is 0 Å². The van der Waals surface area contributed by atoms with Crippen LogP contribution in [0.4, 0.5) is 5.69 Å². The van der Waals surface area contributed by atoms with E-state index >= 15 is 0 Å². The fourth-order valence-corrected chi connectivity index (χ4v) is 6.37. The first-order chi connectivity index (χ1) is 19.9. The molecule has 41 heavy (non-hydrogen) atoms. The summed E-state index contributed by atoms with van der Waals surface area (Å²) in [4.78, 5) is 20.0. The molecule has 0 radical (unpaired) electrons. The Labute approximate surface area is 250 Å². The number of aryl methyl sites for hydroxylation is 1. The van der Waals surface area contributed by atoms with Crippen molar-refractivity contribution in [3.63, 3.8) is 0 Å². The van der Waals surface area contributed by atoms with Crippen molar-refractivity contribution in [1.29, 1.82) is 0 Å². The zero-order valence-electron chi connectivity index (χ0n) is 22.8. The monoisotopic (exact) mass is 579 g/mol. The summed E-state index contributed by atoms with van der Waals surface area (Å²) in [5, 5.41) is 10.0. The van der Waals surface area contributed by atoms with Gasteiger partial charge in [0, 0.05) is 52.3 Å². The predicted octanol–water partition coefficient (Wildman–Crippen LogP) is 7.30. The summed E-state index contributed by atoms with van der Waals surface area (Å²) in [6.45, 7) is 4.67. The Kier molecular flexibility index (Phi) is 7.47. The Bertz CT molecular complexity index is 1750. The largest absolute Gasteiger partial charge is 0.352 e. The number of carbonyl (C=O) groups is 1. The van der Waals surface area contributed by atoms with Crippen LogP contribution in [-0.2, 0) is 4.79 Å². The topological polar surface area (TPSA) is 62.2 Å². The molecule has 1 aliphatic heterocycles. The van der Waals surface area contributed by atoms with Crippen molar-refractivity contribution in [2.75, 3.05) is 11.9 Å². The van der Waals surface area contributed by atoms with E-state index in [1.807, 2.05) is 78.9 Å². The lowest BCUT2D eigenvalue weighted by atomic mass is 9.96. The van der Waals surface area contributed by atoms with Crippen LogP contribution in [0.15, 0.2) is 97.2 Å². The van der Waals surface area contributed by atoms with Gasteiger partial charge in [0.05, 0.1) is 17.8 Å². The molecule has 1 amide bonds. The average molecular weight is 580 g/mol. The molecule has 0 aliphatic carbocycles. The van der Waals surface area contributed by atoms with E-state index in [4.69, 9.17) is 23.8 Å². The van der Waals surface area contributed by atoms with Crippen LogP contribution < -0.4 is 10.6 Å². The van der Waals surface area contributed by atoms with Gasteiger partial charge in [-0.1, -0.05) is 60.1 Å². The Morgan fingerprint density at radius 3 is 2.59 bits per heavy atom. The Morgan fingerprint density at radius 1 is 1.00 bits per heavy atom. The zero-order valence-corrected chi connectivity index (χ0v) is 24.4. The normalized spacial score (nSPS) is 16.7. The van der Waals surface area contributed by atoms with Crippen LogP contribution in [0.1, 0.15) is 41.1 Å². The molecule has 2 N–H and O–H groups in total. The number of hydrogen-bond donors (Lipinski definition) is 2. The Morgan fingerprint density at radius 2 is 1.78 bits per heavy atom. The number of amides is 1. The minimum absolute atomic E-state index is 0.0615. The van der Waals surface area contributed by atoms with Crippen LogP contribution in [0.5, 0.6) is 0 Å². The molecule has 2 unspecified atom stereocenters. The summed E-state index contributed by atoms with van der Waals surface area (Å²) in [5.41, 5.74) is 6.01. The molecule has 3 aromatic carbocycles. The number of rotatable bonds is 7. The number of aromatic nitrogens is 2. The Balaban J connectivity index is 1.31. The summed E-state index contributed by atoms with van der Waals surface area (Å²) in [6, 6.07) is 29.6. The van der Waals surface area contributed by atoms with E-state index in [2.05, 4.69) is 51.1 Å². The molecule has 1 fully saturated rings. The molecule has 3 heterocycles. The van der Waals surface area contributed by atoms with Crippen molar-refractivity contribution >= 4 is 51.3 Å². The number of fused-ring (bicyclic) bond motifs is 1. The minimum atomic E-state index is -0.168. The van der Waals surface area contributed by atoms with Gasteiger partial charge in [0.2, 0.25) is 5.91 Å². The lowest BCUT2D eigenvalue weighted by Gasteiger charge is -2.28. The number of hydrogen-bond acceptors (Lipinski definition) is 3. The third-order valence-electron chi connectivity index (χ3n) is 7.70. The van der Waals surface area contributed by atoms with Gasteiger partial charge in [0.1, 0.15) is 0 Å². The fourth-order valence-electron chi connectivity index (χ4n) is 5.85. The SMILES string of the molecule is Cc1cc(C2C(c3ccccn3)NC(=S)N2CCC(=O)Nc2cccc3ccccc23)c(C)n1-c1cccc(Cl)c1. The highest BCUT2D eigenvalue weighted by atomic mass is 35.5. The molecular formula is C33H30ClN5OS. The number of thiocarbonyl (C=S) groups is 1. The van der Waals surface area contributed by atoms with Crippen LogP contribution in [0.25, 0.3) is 16.5 Å². The first-order valence-corrected chi connectivity index (χ1v) is 14.4. The van der Waals surface area contributed by atoms with E-state index in [0.29, 0.717) is 16.7 Å². The quantitative estimate of drug-likeness (QED) is 0.198. The molecular weight excluding hydrogens is 550 g/mol. The van der Waals surface area contributed by atoms with E-state index < -0.39 is 0 Å². The summed E-state index contributed by atoms with van der Waals surface area (Å²) in [5.74, 6) is -0.0615. The van der Waals surface area contributed by atoms with Crippen molar-refractivity contribution in [3.05, 3.63) is 125 Å². The molecule has 2 aromatic heterocycles. The number of carbonyl (C=O) groups excluding carboxylic acids is 1. The fraction of sp³-hybridized carbons (Fsp3) is 0.182. The van der Waals surface area contributed by atoms with Gasteiger partial charge >= 0.3 is 0 Å². The Hall–Kier alpha value is -4.20. The molecule has 6 nitrogen and oxygen atoms in total. The molecule has 1 saturated heterocycles. The first-order valence-electron chi connectivity index (χ1n) is 13.6.